The molecule has 158 valence electrons. The van der Waals surface area contributed by atoms with Crippen molar-refractivity contribution in [3.8, 4) is 5.75 Å². The Labute approximate surface area is 187 Å². The SMILES string of the molecule is COc1ccc(SCCC(=O)N(Cc2ccccn2)c2nc3c(F)cccc3s2)cc1. The number of thiazole rings is 1. The zero-order chi connectivity index (χ0) is 21.6. The van der Waals surface area contributed by atoms with Crippen LogP contribution in [0.5, 0.6) is 5.75 Å². The van der Waals surface area contributed by atoms with Crippen molar-refractivity contribution in [1.29, 1.82) is 0 Å². The smallest absolute Gasteiger partial charge is 0.229 e. The number of carbonyl (C=O) groups is 1. The van der Waals surface area contributed by atoms with Gasteiger partial charge in [-0.3, -0.25) is 14.7 Å². The van der Waals surface area contributed by atoms with Crippen molar-refractivity contribution in [2.75, 3.05) is 17.8 Å². The number of benzene rings is 2. The van der Waals surface area contributed by atoms with Crippen LogP contribution in [0, 0.1) is 5.82 Å². The molecule has 0 fully saturated rings. The van der Waals surface area contributed by atoms with E-state index in [9.17, 15) is 9.18 Å². The maximum absolute atomic E-state index is 14.2. The molecule has 0 spiro atoms. The van der Waals surface area contributed by atoms with Gasteiger partial charge in [0.15, 0.2) is 5.13 Å². The minimum Gasteiger partial charge on any atom is -0.497 e. The summed E-state index contributed by atoms with van der Waals surface area (Å²) in [4.78, 5) is 24.5. The summed E-state index contributed by atoms with van der Waals surface area (Å²) in [5.41, 5.74) is 1.03. The van der Waals surface area contributed by atoms with E-state index in [1.165, 1.54) is 17.4 Å². The lowest BCUT2D eigenvalue weighted by Crippen LogP contribution is -2.30. The second-order valence-corrected chi connectivity index (χ2v) is 8.84. The number of thioether (sulfide) groups is 1. The average Bonchev–Trinajstić information content (AvgIpc) is 3.24. The first-order chi connectivity index (χ1) is 15.1. The number of pyridine rings is 1. The van der Waals surface area contributed by atoms with Crippen LogP contribution in [0.25, 0.3) is 10.2 Å². The molecule has 8 heteroatoms. The fourth-order valence-corrected chi connectivity index (χ4v) is 4.84. The molecular formula is C23H20FN3O2S2. The van der Waals surface area contributed by atoms with Gasteiger partial charge in [0.05, 0.1) is 24.0 Å². The topological polar surface area (TPSA) is 55.3 Å². The Bertz CT molecular complexity index is 1170. The van der Waals surface area contributed by atoms with Gasteiger partial charge in [-0.1, -0.05) is 23.5 Å². The number of rotatable bonds is 8. The van der Waals surface area contributed by atoms with Gasteiger partial charge in [0.25, 0.3) is 0 Å². The van der Waals surface area contributed by atoms with Crippen LogP contribution in [0.3, 0.4) is 0 Å². The number of hydrogen-bond donors (Lipinski definition) is 0. The lowest BCUT2D eigenvalue weighted by atomic mass is 10.3. The number of amides is 1. The largest absolute Gasteiger partial charge is 0.497 e. The molecule has 0 aliphatic carbocycles. The molecule has 0 aliphatic heterocycles. The highest BCUT2D eigenvalue weighted by Gasteiger charge is 2.21. The molecule has 0 saturated heterocycles. The first kappa shape index (κ1) is 21.3. The number of methoxy groups -OCH3 is 1. The first-order valence-corrected chi connectivity index (χ1v) is 11.5. The Morgan fingerprint density at radius 2 is 1.97 bits per heavy atom. The highest BCUT2D eigenvalue weighted by atomic mass is 32.2. The van der Waals surface area contributed by atoms with E-state index < -0.39 is 0 Å². The minimum atomic E-state index is -0.389. The van der Waals surface area contributed by atoms with Crippen LogP contribution in [0.4, 0.5) is 9.52 Å². The van der Waals surface area contributed by atoms with E-state index in [0.29, 0.717) is 22.0 Å². The molecule has 2 aromatic heterocycles. The highest BCUT2D eigenvalue weighted by molar-refractivity contribution is 7.99. The number of aromatic nitrogens is 2. The number of halogens is 1. The van der Waals surface area contributed by atoms with Crippen LogP contribution in [-0.4, -0.2) is 28.7 Å². The average molecular weight is 454 g/mol. The summed E-state index contributed by atoms with van der Waals surface area (Å²) in [5, 5.41) is 0.477. The van der Waals surface area contributed by atoms with E-state index in [0.717, 1.165) is 16.3 Å². The minimum absolute atomic E-state index is 0.0777. The van der Waals surface area contributed by atoms with Crippen molar-refractivity contribution >= 4 is 44.4 Å². The summed E-state index contributed by atoms with van der Waals surface area (Å²) in [5.74, 6) is 0.944. The molecule has 2 heterocycles. The van der Waals surface area contributed by atoms with Gasteiger partial charge in [-0.05, 0) is 48.5 Å². The number of carbonyl (C=O) groups excluding carboxylic acids is 1. The maximum atomic E-state index is 14.2. The highest BCUT2D eigenvalue weighted by Crippen LogP contribution is 2.32. The Kier molecular flexibility index (Phi) is 6.79. The summed E-state index contributed by atoms with van der Waals surface area (Å²) >= 11 is 2.91. The summed E-state index contributed by atoms with van der Waals surface area (Å²) < 4.78 is 20.0. The van der Waals surface area contributed by atoms with Crippen molar-refractivity contribution in [1.82, 2.24) is 9.97 Å². The first-order valence-electron chi connectivity index (χ1n) is 9.66. The Hall–Kier alpha value is -2.97. The molecule has 0 radical (unpaired) electrons. The Morgan fingerprint density at radius 3 is 2.68 bits per heavy atom. The van der Waals surface area contributed by atoms with Gasteiger partial charge in [0.2, 0.25) is 5.91 Å². The predicted molar refractivity (Wildman–Crippen MR) is 123 cm³/mol. The van der Waals surface area contributed by atoms with Crippen LogP contribution < -0.4 is 9.64 Å². The summed E-state index contributed by atoms with van der Waals surface area (Å²) in [6.45, 7) is 0.286. The van der Waals surface area contributed by atoms with Gasteiger partial charge >= 0.3 is 0 Å². The molecule has 0 N–H and O–H groups in total. The third-order valence-corrected chi connectivity index (χ3v) is 6.64. The van der Waals surface area contributed by atoms with Crippen LogP contribution >= 0.6 is 23.1 Å². The fraction of sp³-hybridized carbons (Fsp3) is 0.174. The molecule has 1 amide bonds. The normalized spacial score (nSPS) is 10.9. The van der Waals surface area contributed by atoms with Crippen LogP contribution in [0.2, 0.25) is 0 Å². The van der Waals surface area contributed by atoms with Crippen molar-refractivity contribution in [3.05, 3.63) is 78.4 Å². The lowest BCUT2D eigenvalue weighted by molar-refractivity contribution is -0.118. The van der Waals surface area contributed by atoms with Crippen molar-refractivity contribution in [3.63, 3.8) is 0 Å². The maximum Gasteiger partial charge on any atom is 0.229 e. The molecule has 0 unspecified atom stereocenters. The molecule has 0 aliphatic rings. The summed E-state index contributed by atoms with van der Waals surface area (Å²) in [7, 11) is 1.63. The molecule has 5 nitrogen and oxygen atoms in total. The van der Waals surface area contributed by atoms with E-state index in [1.807, 2.05) is 48.5 Å². The number of nitrogens with zero attached hydrogens (tertiary/aromatic N) is 3. The molecule has 4 aromatic rings. The molecule has 31 heavy (non-hydrogen) atoms. The van der Waals surface area contributed by atoms with E-state index in [-0.39, 0.29) is 23.8 Å². The fourth-order valence-electron chi connectivity index (χ4n) is 3.00. The van der Waals surface area contributed by atoms with Gasteiger partial charge in [-0.2, -0.15) is 0 Å². The molecule has 2 aromatic carbocycles. The quantitative estimate of drug-likeness (QED) is 0.327. The number of hydrogen-bond acceptors (Lipinski definition) is 6. The monoisotopic (exact) mass is 453 g/mol. The van der Waals surface area contributed by atoms with E-state index in [1.54, 1.807) is 36.0 Å². The standard InChI is InChI=1S/C23H20FN3O2S2/c1-29-17-8-10-18(11-9-17)30-14-12-21(28)27(15-16-5-2-3-13-25-16)23-26-22-19(24)6-4-7-20(22)31-23/h2-11,13H,12,14-15H2,1H3. The van der Waals surface area contributed by atoms with Gasteiger partial charge in [0.1, 0.15) is 17.1 Å². The zero-order valence-electron chi connectivity index (χ0n) is 16.8. The molecular weight excluding hydrogens is 433 g/mol. The molecule has 0 bridgehead atoms. The van der Waals surface area contributed by atoms with Gasteiger partial charge < -0.3 is 4.74 Å². The Balaban J connectivity index is 1.51. The number of ether oxygens (including phenoxy) is 1. The van der Waals surface area contributed by atoms with E-state index >= 15 is 0 Å². The second kappa shape index (κ2) is 9.89. The lowest BCUT2D eigenvalue weighted by Gasteiger charge is -2.19. The van der Waals surface area contributed by atoms with Crippen molar-refractivity contribution in [2.45, 2.75) is 17.9 Å². The summed E-state index contributed by atoms with van der Waals surface area (Å²) in [6, 6.07) is 18.1. The van der Waals surface area contributed by atoms with Crippen LogP contribution in [0.15, 0.2) is 71.8 Å². The molecule has 0 saturated carbocycles. The van der Waals surface area contributed by atoms with Gasteiger partial charge in [0, 0.05) is 23.3 Å². The zero-order valence-corrected chi connectivity index (χ0v) is 18.5. The van der Waals surface area contributed by atoms with Crippen molar-refractivity contribution in [2.24, 2.45) is 0 Å². The van der Waals surface area contributed by atoms with Crippen molar-refractivity contribution < 1.29 is 13.9 Å². The summed E-state index contributed by atoms with van der Waals surface area (Å²) in [6.07, 6.45) is 2.01. The van der Waals surface area contributed by atoms with Crippen LogP contribution in [-0.2, 0) is 11.3 Å². The Morgan fingerprint density at radius 1 is 1.13 bits per heavy atom. The van der Waals surface area contributed by atoms with E-state index in [2.05, 4.69) is 9.97 Å². The molecule has 0 atom stereocenters. The number of para-hydroxylation sites is 1. The number of anilines is 1. The van der Waals surface area contributed by atoms with Gasteiger partial charge in [-0.25, -0.2) is 9.37 Å². The van der Waals surface area contributed by atoms with Gasteiger partial charge in [-0.15, -0.1) is 11.8 Å². The van der Waals surface area contributed by atoms with E-state index in [4.69, 9.17) is 4.74 Å². The predicted octanol–water partition coefficient (Wildman–Crippen LogP) is 5.55. The number of fused-ring (bicyclic) bond motifs is 1. The van der Waals surface area contributed by atoms with Crippen LogP contribution in [0.1, 0.15) is 12.1 Å². The molecule has 4 rings (SSSR count). The third kappa shape index (κ3) is 5.21. The third-order valence-electron chi connectivity index (χ3n) is 4.58. The second-order valence-electron chi connectivity index (χ2n) is 6.66.